The first-order chi connectivity index (χ1) is 5.70. The summed E-state index contributed by atoms with van der Waals surface area (Å²) in [5, 5.41) is 0. The predicted octanol–water partition coefficient (Wildman–Crippen LogP) is 2.36. The minimum atomic E-state index is 0.563. The van der Waals surface area contributed by atoms with Gasteiger partial charge in [-0.1, -0.05) is 0 Å². The summed E-state index contributed by atoms with van der Waals surface area (Å²) >= 11 is 4.54. The third-order valence-corrected chi connectivity index (χ3v) is 3.77. The minimum Gasteiger partial charge on any atom is -0.496 e. The van der Waals surface area contributed by atoms with Gasteiger partial charge in [-0.25, -0.2) is 0 Å². The summed E-state index contributed by atoms with van der Waals surface area (Å²) in [6.07, 6.45) is 0. The molecule has 0 radical (unpaired) electrons. The van der Waals surface area contributed by atoms with Gasteiger partial charge in [-0.3, -0.25) is 0 Å². The van der Waals surface area contributed by atoms with Crippen molar-refractivity contribution in [2.24, 2.45) is 5.73 Å². The van der Waals surface area contributed by atoms with Gasteiger partial charge in [-0.05, 0) is 62.9 Å². The summed E-state index contributed by atoms with van der Waals surface area (Å²) in [4.78, 5) is 0. The molecule has 1 rings (SSSR count). The van der Waals surface area contributed by atoms with E-state index in [4.69, 9.17) is 10.5 Å². The van der Waals surface area contributed by atoms with Gasteiger partial charge in [0, 0.05) is 10.1 Å². The highest BCUT2D eigenvalue weighted by Crippen LogP contribution is 2.27. The number of methoxy groups -OCH3 is 1. The van der Waals surface area contributed by atoms with Crippen LogP contribution in [-0.2, 0) is 6.54 Å². The molecule has 0 aliphatic carbocycles. The number of benzene rings is 1. The molecular weight excluding hydrogens is 380 g/mol. The predicted molar refractivity (Wildman–Crippen MR) is 66.3 cm³/mol. The molecule has 0 fully saturated rings. The average molecular weight is 389 g/mol. The van der Waals surface area contributed by atoms with E-state index in [0.717, 1.165) is 14.9 Å². The molecule has 1 aromatic rings. The van der Waals surface area contributed by atoms with Crippen molar-refractivity contribution in [1.82, 2.24) is 0 Å². The van der Waals surface area contributed by atoms with E-state index in [0.29, 0.717) is 6.54 Å². The van der Waals surface area contributed by atoms with E-state index in [1.807, 2.05) is 12.1 Å². The fraction of sp³-hybridized carbons (Fsp3) is 0.250. The van der Waals surface area contributed by atoms with Crippen LogP contribution in [0.1, 0.15) is 5.56 Å². The molecule has 0 unspecified atom stereocenters. The molecule has 0 spiro atoms. The first-order valence-electron chi connectivity index (χ1n) is 3.41. The normalized spacial score (nSPS) is 10.0. The average Bonchev–Trinajstić information content (AvgIpc) is 2.06. The molecule has 12 heavy (non-hydrogen) atoms. The van der Waals surface area contributed by atoms with E-state index in [-0.39, 0.29) is 0 Å². The maximum absolute atomic E-state index is 5.61. The van der Waals surface area contributed by atoms with Crippen LogP contribution in [0.2, 0.25) is 0 Å². The number of ether oxygens (including phenoxy) is 1. The zero-order valence-corrected chi connectivity index (χ0v) is 10.9. The van der Waals surface area contributed by atoms with Gasteiger partial charge in [0.05, 0.1) is 10.7 Å². The first-order valence-corrected chi connectivity index (χ1v) is 5.57. The summed E-state index contributed by atoms with van der Waals surface area (Å²) in [7, 11) is 1.67. The molecule has 0 saturated carbocycles. The van der Waals surface area contributed by atoms with Crippen LogP contribution in [0, 0.1) is 7.14 Å². The van der Waals surface area contributed by atoms with Gasteiger partial charge in [0.15, 0.2) is 0 Å². The van der Waals surface area contributed by atoms with Crippen LogP contribution >= 0.6 is 45.2 Å². The van der Waals surface area contributed by atoms with Gasteiger partial charge in [0.2, 0.25) is 0 Å². The van der Waals surface area contributed by atoms with Crippen LogP contribution in [0.3, 0.4) is 0 Å². The second kappa shape index (κ2) is 4.61. The van der Waals surface area contributed by atoms with Gasteiger partial charge < -0.3 is 10.5 Å². The van der Waals surface area contributed by atoms with E-state index < -0.39 is 0 Å². The zero-order chi connectivity index (χ0) is 9.14. The van der Waals surface area contributed by atoms with E-state index in [9.17, 15) is 0 Å². The molecule has 0 saturated heterocycles. The van der Waals surface area contributed by atoms with Gasteiger partial charge in [-0.2, -0.15) is 0 Å². The molecule has 0 aromatic heterocycles. The first kappa shape index (κ1) is 10.5. The van der Waals surface area contributed by atoms with Crippen molar-refractivity contribution >= 4 is 45.2 Å². The van der Waals surface area contributed by atoms with Crippen LogP contribution in [0.15, 0.2) is 12.1 Å². The zero-order valence-electron chi connectivity index (χ0n) is 6.60. The number of nitrogens with two attached hydrogens (primary N) is 1. The van der Waals surface area contributed by atoms with Crippen LogP contribution in [0.25, 0.3) is 0 Å². The van der Waals surface area contributed by atoms with Crippen molar-refractivity contribution in [2.45, 2.75) is 6.54 Å². The lowest BCUT2D eigenvalue weighted by Gasteiger charge is -2.08. The minimum absolute atomic E-state index is 0.563. The second-order valence-corrected chi connectivity index (χ2v) is 4.49. The molecule has 0 bridgehead atoms. The van der Waals surface area contributed by atoms with E-state index in [2.05, 4.69) is 45.2 Å². The molecule has 0 heterocycles. The lowest BCUT2D eigenvalue weighted by molar-refractivity contribution is 0.411. The van der Waals surface area contributed by atoms with Crippen LogP contribution in [0.4, 0.5) is 0 Å². The topological polar surface area (TPSA) is 35.2 Å². The van der Waals surface area contributed by atoms with Gasteiger partial charge >= 0.3 is 0 Å². The largest absolute Gasteiger partial charge is 0.496 e. The Kier molecular flexibility index (Phi) is 4.04. The van der Waals surface area contributed by atoms with Crippen molar-refractivity contribution < 1.29 is 4.74 Å². The third kappa shape index (κ3) is 2.02. The SMILES string of the molecule is COc1ccc(I)c(CN)c1I. The van der Waals surface area contributed by atoms with Gasteiger partial charge in [-0.15, -0.1) is 0 Å². The standard InChI is InChI=1S/C8H9I2NO/c1-12-7-3-2-6(9)5(4-11)8(7)10/h2-3H,4,11H2,1H3. The lowest BCUT2D eigenvalue weighted by Crippen LogP contribution is -2.03. The van der Waals surface area contributed by atoms with E-state index >= 15 is 0 Å². The molecule has 0 atom stereocenters. The highest BCUT2D eigenvalue weighted by molar-refractivity contribution is 14.1. The third-order valence-electron chi connectivity index (χ3n) is 1.57. The van der Waals surface area contributed by atoms with Crippen LogP contribution < -0.4 is 10.5 Å². The Balaban J connectivity index is 3.24. The lowest BCUT2D eigenvalue weighted by atomic mass is 10.2. The summed E-state index contributed by atoms with van der Waals surface area (Å²) in [6, 6.07) is 3.98. The molecule has 0 aliphatic rings. The summed E-state index contributed by atoms with van der Waals surface area (Å²) < 4.78 is 7.49. The smallest absolute Gasteiger partial charge is 0.132 e. The molecule has 2 nitrogen and oxygen atoms in total. The van der Waals surface area contributed by atoms with Crippen LogP contribution in [0.5, 0.6) is 5.75 Å². The van der Waals surface area contributed by atoms with Crippen molar-refractivity contribution in [3.63, 3.8) is 0 Å². The number of hydrogen-bond donors (Lipinski definition) is 1. The quantitative estimate of drug-likeness (QED) is 0.789. The number of halogens is 2. The van der Waals surface area contributed by atoms with Crippen LogP contribution in [-0.4, -0.2) is 7.11 Å². The van der Waals surface area contributed by atoms with E-state index in [1.165, 1.54) is 3.57 Å². The highest BCUT2D eigenvalue weighted by atomic mass is 127. The summed E-state index contributed by atoms with van der Waals surface area (Å²) in [6.45, 7) is 0.563. The number of hydrogen-bond acceptors (Lipinski definition) is 2. The maximum atomic E-state index is 5.61. The van der Waals surface area contributed by atoms with Crippen molar-refractivity contribution in [3.05, 3.63) is 24.8 Å². The second-order valence-electron chi connectivity index (χ2n) is 2.25. The number of rotatable bonds is 2. The monoisotopic (exact) mass is 389 g/mol. The van der Waals surface area contributed by atoms with E-state index in [1.54, 1.807) is 7.11 Å². The van der Waals surface area contributed by atoms with Crippen molar-refractivity contribution in [3.8, 4) is 5.75 Å². The molecule has 4 heteroatoms. The van der Waals surface area contributed by atoms with Crippen molar-refractivity contribution in [2.75, 3.05) is 7.11 Å². The maximum Gasteiger partial charge on any atom is 0.132 e. The Bertz CT molecular complexity index is 289. The fourth-order valence-corrected chi connectivity index (χ4v) is 3.02. The molecule has 1 aromatic carbocycles. The summed E-state index contributed by atoms with van der Waals surface area (Å²) in [5.41, 5.74) is 6.77. The molecule has 0 amide bonds. The Morgan fingerprint density at radius 3 is 2.58 bits per heavy atom. The highest BCUT2D eigenvalue weighted by Gasteiger charge is 2.07. The Morgan fingerprint density at radius 2 is 2.08 bits per heavy atom. The van der Waals surface area contributed by atoms with Crippen molar-refractivity contribution in [1.29, 1.82) is 0 Å². The Hall–Kier alpha value is 0.440. The molecule has 0 aliphatic heterocycles. The fourth-order valence-electron chi connectivity index (χ4n) is 0.921. The molecular formula is C8H9I2NO. The molecule has 66 valence electrons. The Labute approximate surface area is 99.1 Å². The molecule has 2 N–H and O–H groups in total. The Morgan fingerprint density at radius 1 is 1.42 bits per heavy atom. The van der Waals surface area contributed by atoms with Gasteiger partial charge in [0.25, 0.3) is 0 Å². The summed E-state index contributed by atoms with van der Waals surface area (Å²) in [5.74, 6) is 0.900. The van der Waals surface area contributed by atoms with Gasteiger partial charge in [0.1, 0.15) is 5.75 Å².